The quantitative estimate of drug-likeness (QED) is 0.615. The predicted molar refractivity (Wildman–Crippen MR) is 69.1 cm³/mol. The normalized spacial score (nSPS) is 10.6. The van der Waals surface area contributed by atoms with Crippen molar-refractivity contribution < 1.29 is 9.53 Å². The Kier molecular flexibility index (Phi) is 7.05. The summed E-state index contributed by atoms with van der Waals surface area (Å²) in [5.41, 5.74) is 0. The maximum atomic E-state index is 11.7. The molecule has 0 spiro atoms. The number of hydrogen-bond acceptors (Lipinski definition) is 4. The predicted octanol–water partition coefficient (Wildman–Crippen LogP) is 0.145. The van der Waals surface area contributed by atoms with Gasteiger partial charge in [0.1, 0.15) is 12.4 Å². The van der Waals surface area contributed by atoms with Crippen LogP contribution in [0.3, 0.4) is 0 Å². The van der Waals surface area contributed by atoms with Gasteiger partial charge in [0.15, 0.2) is 0 Å². The molecule has 1 aromatic rings. The van der Waals surface area contributed by atoms with E-state index in [-0.39, 0.29) is 5.91 Å². The van der Waals surface area contributed by atoms with Crippen LogP contribution in [0.25, 0.3) is 0 Å². The van der Waals surface area contributed by atoms with E-state index < -0.39 is 0 Å². The smallest absolute Gasteiger partial charge is 0.239 e. The van der Waals surface area contributed by atoms with Gasteiger partial charge in [-0.3, -0.25) is 4.79 Å². The molecule has 6 heteroatoms. The van der Waals surface area contributed by atoms with Crippen LogP contribution in [0.15, 0.2) is 12.4 Å². The fraction of sp³-hybridized carbons (Fsp3) is 0.667. The molecule has 1 heterocycles. The summed E-state index contributed by atoms with van der Waals surface area (Å²) in [6.07, 6.45) is 4.36. The molecule has 102 valence electrons. The first kappa shape index (κ1) is 14.7. The number of nitrogens with zero attached hydrogens (tertiary/aromatic N) is 2. The van der Waals surface area contributed by atoms with Crippen LogP contribution in [0.4, 0.5) is 0 Å². The first-order valence-electron chi connectivity index (χ1n) is 6.24. The van der Waals surface area contributed by atoms with Gasteiger partial charge in [0, 0.05) is 32.7 Å². The van der Waals surface area contributed by atoms with Gasteiger partial charge in [-0.05, 0) is 13.0 Å². The molecule has 1 amide bonds. The number of carbonyl (C=O) groups excluding carboxylic acids is 1. The monoisotopic (exact) mass is 254 g/mol. The molecule has 0 radical (unpaired) electrons. The Morgan fingerprint density at radius 1 is 1.56 bits per heavy atom. The summed E-state index contributed by atoms with van der Waals surface area (Å²) < 4.78 is 6.77. The Balaban J connectivity index is 2.32. The highest BCUT2D eigenvalue weighted by Crippen LogP contribution is 1.97. The van der Waals surface area contributed by atoms with Crippen molar-refractivity contribution in [2.24, 2.45) is 0 Å². The van der Waals surface area contributed by atoms with Crippen LogP contribution in [0.2, 0.25) is 0 Å². The van der Waals surface area contributed by atoms with Crippen LogP contribution in [-0.2, 0) is 22.6 Å². The van der Waals surface area contributed by atoms with Crippen molar-refractivity contribution in [2.75, 3.05) is 26.8 Å². The zero-order valence-corrected chi connectivity index (χ0v) is 11.1. The molecular weight excluding hydrogens is 232 g/mol. The van der Waals surface area contributed by atoms with E-state index >= 15 is 0 Å². The van der Waals surface area contributed by atoms with Crippen LogP contribution in [-0.4, -0.2) is 42.3 Å². The Hall–Kier alpha value is -1.40. The van der Waals surface area contributed by atoms with E-state index in [0.717, 1.165) is 18.8 Å². The second kappa shape index (κ2) is 8.66. The van der Waals surface area contributed by atoms with Gasteiger partial charge >= 0.3 is 0 Å². The summed E-state index contributed by atoms with van der Waals surface area (Å²) in [6.45, 7) is 5.22. The van der Waals surface area contributed by atoms with Gasteiger partial charge in [0.05, 0.1) is 6.54 Å². The van der Waals surface area contributed by atoms with Crippen molar-refractivity contribution >= 4 is 5.91 Å². The molecule has 0 atom stereocenters. The molecule has 1 rings (SSSR count). The molecule has 0 saturated heterocycles. The number of hydrogen-bond donors (Lipinski definition) is 2. The second-order valence-electron chi connectivity index (χ2n) is 3.95. The Labute approximate surface area is 108 Å². The topological polar surface area (TPSA) is 68.2 Å². The van der Waals surface area contributed by atoms with E-state index in [1.807, 2.05) is 17.7 Å². The maximum absolute atomic E-state index is 11.7. The van der Waals surface area contributed by atoms with Gasteiger partial charge in [-0.2, -0.15) is 0 Å². The molecular formula is C12H22N4O2. The lowest BCUT2D eigenvalue weighted by Crippen LogP contribution is -2.30. The number of aromatic nitrogens is 2. The van der Waals surface area contributed by atoms with Gasteiger partial charge in [-0.1, -0.05) is 6.92 Å². The van der Waals surface area contributed by atoms with Gasteiger partial charge in [-0.15, -0.1) is 0 Å². The van der Waals surface area contributed by atoms with E-state index in [4.69, 9.17) is 4.74 Å². The van der Waals surface area contributed by atoms with Crippen molar-refractivity contribution in [2.45, 2.75) is 26.4 Å². The third kappa shape index (κ3) is 5.29. The van der Waals surface area contributed by atoms with E-state index in [1.54, 1.807) is 13.3 Å². The van der Waals surface area contributed by atoms with Crippen molar-refractivity contribution in [3.8, 4) is 0 Å². The second-order valence-corrected chi connectivity index (χ2v) is 3.95. The minimum Gasteiger partial charge on any atom is -0.385 e. The number of rotatable bonds is 9. The van der Waals surface area contributed by atoms with Gasteiger partial charge in [-0.25, -0.2) is 4.98 Å². The van der Waals surface area contributed by atoms with Gasteiger partial charge in [0.25, 0.3) is 0 Å². The lowest BCUT2D eigenvalue weighted by Gasteiger charge is -2.09. The van der Waals surface area contributed by atoms with E-state index in [2.05, 4.69) is 15.6 Å². The fourth-order valence-electron chi connectivity index (χ4n) is 1.54. The summed E-state index contributed by atoms with van der Waals surface area (Å²) in [6, 6.07) is 0. The minimum absolute atomic E-state index is 0.00171. The minimum atomic E-state index is 0.00171. The molecule has 6 nitrogen and oxygen atoms in total. The number of ether oxygens (including phenoxy) is 1. The molecule has 0 aromatic carbocycles. The molecule has 0 aliphatic rings. The third-order valence-electron chi connectivity index (χ3n) is 2.50. The van der Waals surface area contributed by atoms with Crippen molar-refractivity contribution in [3.63, 3.8) is 0 Å². The lowest BCUT2D eigenvalue weighted by molar-refractivity contribution is -0.121. The average molecular weight is 254 g/mol. The van der Waals surface area contributed by atoms with Crippen molar-refractivity contribution in [1.82, 2.24) is 20.2 Å². The summed E-state index contributed by atoms with van der Waals surface area (Å²) in [7, 11) is 1.65. The van der Waals surface area contributed by atoms with Crippen molar-refractivity contribution in [3.05, 3.63) is 18.2 Å². The molecule has 0 aliphatic carbocycles. The lowest BCUT2D eigenvalue weighted by atomic mass is 10.4. The van der Waals surface area contributed by atoms with E-state index in [0.29, 0.717) is 26.2 Å². The number of amides is 1. The first-order valence-corrected chi connectivity index (χ1v) is 6.24. The molecule has 0 aliphatic heterocycles. The molecule has 0 fully saturated rings. The average Bonchev–Trinajstić information content (AvgIpc) is 2.79. The largest absolute Gasteiger partial charge is 0.385 e. The Morgan fingerprint density at radius 3 is 3.11 bits per heavy atom. The van der Waals surface area contributed by atoms with Gasteiger partial charge in [0.2, 0.25) is 5.91 Å². The fourth-order valence-corrected chi connectivity index (χ4v) is 1.54. The highest BCUT2D eigenvalue weighted by Gasteiger charge is 2.06. The summed E-state index contributed by atoms with van der Waals surface area (Å²) in [5, 5.41) is 6.04. The number of imidazole rings is 1. The molecule has 1 aromatic heterocycles. The SMILES string of the molecule is CCNCc1nccn1CC(=O)NCCCOC. The van der Waals surface area contributed by atoms with E-state index in [1.165, 1.54) is 0 Å². The highest BCUT2D eigenvalue weighted by atomic mass is 16.5. The zero-order chi connectivity index (χ0) is 13.2. The first-order chi connectivity index (χ1) is 8.77. The summed E-state index contributed by atoms with van der Waals surface area (Å²) >= 11 is 0. The number of nitrogens with one attached hydrogen (secondary N) is 2. The summed E-state index contributed by atoms with van der Waals surface area (Å²) in [5.74, 6) is 0.880. The van der Waals surface area contributed by atoms with Crippen LogP contribution < -0.4 is 10.6 Å². The number of carbonyl (C=O) groups is 1. The van der Waals surface area contributed by atoms with Crippen LogP contribution in [0.5, 0.6) is 0 Å². The summed E-state index contributed by atoms with van der Waals surface area (Å²) in [4.78, 5) is 15.9. The Morgan fingerprint density at radius 2 is 2.39 bits per heavy atom. The molecule has 0 unspecified atom stereocenters. The standard InChI is InChI=1S/C12H22N4O2/c1-3-13-9-11-14-6-7-16(11)10-12(17)15-5-4-8-18-2/h6-7,13H,3-5,8-10H2,1-2H3,(H,15,17). The molecule has 0 bridgehead atoms. The molecule has 18 heavy (non-hydrogen) atoms. The maximum Gasteiger partial charge on any atom is 0.239 e. The van der Waals surface area contributed by atoms with Crippen molar-refractivity contribution in [1.29, 1.82) is 0 Å². The molecule has 0 saturated carbocycles. The van der Waals surface area contributed by atoms with Crippen LogP contribution in [0, 0.1) is 0 Å². The van der Waals surface area contributed by atoms with E-state index in [9.17, 15) is 4.79 Å². The van der Waals surface area contributed by atoms with Gasteiger partial charge < -0.3 is 19.9 Å². The van der Waals surface area contributed by atoms with Crippen LogP contribution in [0.1, 0.15) is 19.2 Å². The Bertz CT molecular complexity index is 352. The third-order valence-corrected chi connectivity index (χ3v) is 2.50. The zero-order valence-electron chi connectivity index (χ0n) is 11.1. The number of methoxy groups -OCH3 is 1. The van der Waals surface area contributed by atoms with Crippen LogP contribution >= 0.6 is 0 Å². The highest BCUT2D eigenvalue weighted by molar-refractivity contribution is 5.75. The molecule has 2 N–H and O–H groups in total.